The van der Waals surface area contributed by atoms with Gasteiger partial charge in [0.05, 0.1) is 0 Å². The fourth-order valence-electron chi connectivity index (χ4n) is 2.85. The van der Waals surface area contributed by atoms with Crippen molar-refractivity contribution in [3.05, 3.63) is 54.1 Å². The molecule has 2 N–H and O–H groups in total. The SMILES string of the molecule is O=CC(c1ccccc1)(c1ncc[nH]1)N1CCNCC1. The lowest BCUT2D eigenvalue weighted by molar-refractivity contribution is -0.117. The van der Waals surface area contributed by atoms with Gasteiger partial charge in [0.15, 0.2) is 11.8 Å². The molecule has 1 atom stereocenters. The number of carbonyl (C=O) groups excluding carboxylic acids is 1. The molecule has 0 spiro atoms. The Morgan fingerprint density at radius 3 is 2.55 bits per heavy atom. The molecule has 5 heteroatoms. The van der Waals surface area contributed by atoms with Crippen molar-refractivity contribution in [3.63, 3.8) is 0 Å². The summed E-state index contributed by atoms with van der Waals surface area (Å²) in [7, 11) is 0. The van der Waals surface area contributed by atoms with Crippen LogP contribution in [-0.2, 0) is 10.3 Å². The average Bonchev–Trinajstić information content (AvgIpc) is 3.06. The second-order valence-corrected chi connectivity index (χ2v) is 4.93. The molecule has 0 radical (unpaired) electrons. The minimum atomic E-state index is -0.827. The molecule has 1 aliphatic rings. The van der Waals surface area contributed by atoms with Gasteiger partial charge in [0.1, 0.15) is 5.82 Å². The second kappa shape index (κ2) is 5.56. The summed E-state index contributed by atoms with van der Waals surface area (Å²) in [5.74, 6) is 0.681. The molecule has 3 rings (SSSR count). The number of hydrogen-bond donors (Lipinski definition) is 2. The molecule has 0 aliphatic carbocycles. The first-order valence-corrected chi connectivity index (χ1v) is 6.85. The predicted molar refractivity (Wildman–Crippen MR) is 76.3 cm³/mol. The first kappa shape index (κ1) is 13.0. The van der Waals surface area contributed by atoms with E-state index in [1.807, 2.05) is 30.3 Å². The van der Waals surface area contributed by atoms with E-state index in [0.717, 1.165) is 38.0 Å². The molecule has 0 amide bonds. The minimum absolute atomic E-state index is 0.681. The van der Waals surface area contributed by atoms with Gasteiger partial charge in [0.25, 0.3) is 0 Å². The van der Waals surface area contributed by atoms with Crippen LogP contribution < -0.4 is 5.32 Å². The van der Waals surface area contributed by atoms with Gasteiger partial charge < -0.3 is 15.1 Å². The van der Waals surface area contributed by atoms with Crippen molar-refractivity contribution in [1.29, 1.82) is 0 Å². The van der Waals surface area contributed by atoms with Crippen molar-refractivity contribution >= 4 is 6.29 Å². The third-order valence-corrected chi connectivity index (χ3v) is 3.86. The summed E-state index contributed by atoms with van der Waals surface area (Å²) in [6.45, 7) is 3.38. The van der Waals surface area contributed by atoms with E-state index >= 15 is 0 Å². The number of imidazole rings is 1. The first-order valence-electron chi connectivity index (χ1n) is 6.85. The summed E-state index contributed by atoms with van der Waals surface area (Å²) in [6.07, 6.45) is 4.46. The molecular formula is C15H18N4O. The third-order valence-electron chi connectivity index (χ3n) is 3.86. The van der Waals surface area contributed by atoms with Crippen molar-refractivity contribution in [1.82, 2.24) is 20.2 Å². The number of H-pyrrole nitrogens is 1. The molecular weight excluding hydrogens is 252 g/mol. The van der Waals surface area contributed by atoms with Crippen LogP contribution in [0.5, 0.6) is 0 Å². The van der Waals surface area contributed by atoms with Crippen molar-refractivity contribution in [2.45, 2.75) is 5.54 Å². The normalized spacial score (nSPS) is 19.4. The summed E-state index contributed by atoms with van der Waals surface area (Å²) in [5.41, 5.74) is 0.124. The maximum Gasteiger partial charge on any atom is 0.161 e. The van der Waals surface area contributed by atoms with Gasteiger partial charge in [-0.25, -0.2) is 4.98 Å². The Bertz CT molecular complexity index is 549. The molecule has 1 fully saturated rings. The van der Waals surface area contributed by atoms with E-state index < -0.39 is 5.54 Å². The van der Waals surface area contributed by atoms with Crippen molar-refractivity contribution in [3.8, 4) is 0 Å². The van der Waals surface area contributed by atoms with E-state index in [4.69, 9.17) is 0 Å². The maximum absolute atomic E-state index is 12.1. The second-order valence-electron chi connectivity index (χ2n) is 4.93. The molecule has 1 unspecified atom stereocenters. The maximum atomic E-state index is 12.1. The number of nitrogens with zero attached hydrogens (tertiary/aromatic N) is 2. The highest BCUT2D eigenvalue weighted by Gasteiger charge is 2.43. The average molecular weight is 270 g/mol. The third kappa shape index (κ3) is 2.05. The van der Waals surface area contributed by atoms with E-state index in [9.17, 15) is 4.79 Å². The molecule has 20 heavy (non-hydrogen) atoms. The van der Waals surface area contributed by atoms with Gasteiger partial charge in [0, 0.05) is 38.6 Å². The topological polar surface area (TPSA) is 61.0 Å². The quantitative estimate of drug-likeness (QED) is 0.805. The number of piperazine rings is 1. The van der Waals surface area contributed by atoms with Crippen LogP contribution in [0.25, 0.3) is 0 Å². The highest BCUT2D eigenvalue weighted by Crippen LogP contribution is 2.32. The molecule has 104 valence electrons. The molecule has 0 bridgehead atoms. The van der Waals surface area contributed by atoms with Crippen LogP contribution in [0.15, 0.2) is 42.7 Å². The lowest BCUT2D eigenvalue weighted by Crippen LogP contribution is -2.56. The standard InChI is InChI=1S/C15H18N4O/c20-12-15(14-17-6-7-18-14,13-4-2-1-3-5-13)19-10-8-16-9-11-19/h1-7,12,16H,8-11H2,(H,17,18). The number of benzene rings is 1. The highest BCUT2D eigenvalue weighted by atomic mass is 16.1. The van der Waals surface area contributed by atoms with Gasteiger partial charge in [-0.05, 0) is 5.56 Å². The number of aromatic amines is 1. The number of hydrogen-bond acceptors (Lipinski definition) is 4. The molecule has 1 aliphatic heterocycles. The summed E-state index contributed by atoms with van der Waals surface area (Å²) < 4.78 is 0. The van der Waals surface area contributed by atoms with Crippen LogP contribution in [-0.4, -0.2) is 47.3 Å². The molecule has 1 aromatic heterocycles. The Balaban J connectivity index is 2.12. The molecule has 2 heterocycles. The highest BCUT2D eigenvalue weighted by molar-refractivity contribution is 5.72. The Labute approximate surface area is 118 Å². The Morgan fingerprint density at radius 2 is 1.95 bits per heavy atom. The van der Waals surface area contributed by atoms with Crippen LogP contribution in [0.2, 0.25) is 0 Å². The van der Waals surface area contributed by atoms with Crippen molar-refractivity contribution in [2.24, 2.45) is 0 Å². The van der Waals surface area contributed by atoms with Gasteiger partial charge in [-0.15, -0.1) is 0 Å². The lowest BCUT2D eigenvalue weighted by Gasteiger charge is -2.41. The first-order chi connectivity index (χ1) is 9.88. The zero-order chi connectivity index (χ0) is 13.8. The van der Waals surface area contributed by atoms with Crippen LogP contribution in [0, 0.1) is 0 Å². The number of rotatable bonds is 4. The summed E-state index contributed by atoms with van der Waals surface area (Å²) >= 11 is 0. The smallest absolute Gasteiger partial charge is 0.161 e. The predicted octanol–water partition coefficient (Wildman–Crippen LogP) is 0.757. The summed E-state index contributed by atoms with van der Waals surface area (Å²) in [4.78, 5) is 21.8. The molecule has 1 saturated heterocycles. The number of aromatic nitrogens is 2. The van der Waals surface area contributed by atoms with Gasteiger partial charge in [0.2, 0.25) is 0 Å². The molecule has 5 nitrogen and oxygen atoms in total. The summed E-state index contributed by atoms with van der Waals surface area (Å²) in [6, 6.07) is 9.84. The number of nitrogens with one attached hydrogen (secondary N) is 2. The molecule has 2 aromatic rings. The van der Waals surface area contributed by atoms with Crippen LogP contribution >= 0.6 is 0 Å². The van der Waals surface area contributed by atoms with Gasteiger partial charge in [-0.2, -0.15) is 0 Å². The monoisotopic (exact) mass is 270 g/mol. The van der Waals surface area contributed by atoms with Crippen molar-refractivity contribution < 1.29 is 4.79 Å². The fraction of sp³-hybridized carbons (Fsp3) is 0.333. The van der Waals surface area contributed by atoms with Crippen molar-refractivity contribution in [2.75, 3.05) is 26.2 Å². The lowest BCUT2D eigenvalue weighted by atomic mass is 9.88. The van der Waals surface area contributed by atoms with E-state index in [-0.39, 0.29) is 0 Å². The van der Waals surface area contributed by atoms with E-state index in [1.165, 1.54) is 0 Å². The van der Waals surface area contributed by atoms with E-state index in [0.29, 0.717) is 5.82 Å². The Morgan fingerprint density at radius 1 is 1.20 bits per heavy atom. The fourth-order valence-corrected chi connectivity index (χ4v) is 2.85. The zero-order valence-corrected chi connectivity index (χ0v) is 11.2. The Kier molecular flexibility index (Phi) is 3.62. The van der Waals surface area contributed by atoms with E-state index in [1.54, 1.807) is 12.4 Å². The van der Waals surface area contributed by atoms with Crippen LogP contribution in [0.4, 0.5) is 0 Å². The summed E-state index contributed by atoms with van der Waals surface area (Å²) in [5, 5.41) is 3.32. The van der Waals surface area contributed by atoms with Crippen LogP contribution in [0.3, 0.4) is 0 Å². The zero-order valence-electron chi connectivity index (χ0n) is 11.2. The number of carbonyl (C=O) groups is 1. The van der Waals surface area contributed by atoms with Gasteiger partial charge in [-0.1, -0.05) is 30.3 Å². The minimum Gasteiger partial charge on any atom is -0.346 e. The van der Waals surface area contributed by atoms with E-state index in [2.05, 4.69) is 20.2 Å². The Hall–Kier alpha value is -1.98. The number of aldehydes is 1. The van der Waals surface area contributed by atoms with Gasteiger partial charge in [-0.3, -0.25) is 4.90 Å². The van der Waals surface area contributed by atoms with Gasteiger partial charge >= 0.3 is 0 Å². The molecule has 0 saturated carbocycles. The largest absolute Gasteiger partial charge is 0.346 e. The molecule has 1 aromatic carbocycles. The van der Waals surface area contributed by atoms with Crippen LogP contribution in [0.1, 0.15) is 11.4 Å².